The van der Waals surface area contributed by atoms with Crippen LogP contribution in [0.2, 0.25) is 0 Å². The molecule has 21 heavy (non-hydrogen) atoms. The summed E-state index contributed by atoms with van der Waals surface area (Å²) in [6.07, 6.45) is 0. The second kappa shape index (κ2) is 6.23. The molecule has 1 aromatic carbocycles. The number of rotatable bonds is 5. The molecule has 2 rings (SSSR count). The molecule has 0 bridgehead atoms. The number of thiophene rings is 1. The van der Waals surface area contributed by atoms with E-state index < -0.39 is 26.8 Å². The van der Waals surface area contributed by atoms with Crippen LogP contribution in [-0.2, 0) is 16.6 Å². The van der Waals surface area contributed by atoms with Gasteiger partial charge in [0.05, 0.1) is 12.6 Å². The van der Waals surface area contributed by atoms with E-state index in [0.29, 0.717) is 5.56 Å². The molecule has 7 heteroatoms. The molecule has 0 aliphatic carbocycles. The molecular formula is C14H16FNO3S2. The van der Waals surface area contributed by atoms with Gasteiger partial charge in [-0.25, -0.2) is 17.5 Å². The van der Waals surface area contributed by atoms with Gasteiger partial charge in [-0.1, -0.05) is 6.07 Å². The molecule has 0 saturated heterocycles. The minimum Gasteiger partial charge on any atom is -0.392 e. The Morgan fingerprint density at radius 3 is 2.62 bits per heavy atom. The standard InChI is InChI=1S/C14H16FNO3S2/c1-9-3-6-13(20-9)10(2)16-21(18,19)14-7-11(8-17)4-5-12(14)15/h3-7,10,16-17H,8H2,1-2H3. The Bertz CT molecular complexity index is 740. The molecule has 0 aliphatic heterocycles. The Morgan fingerprint density at radius 1 is 1.33 bits per heavy atom. The molecule has 0 radical (unpaired) electrons. The Kier molecular flexibility index (Phi) is 4.77. The van der Waals surface area contributed by atoms with Gasteiger partial charge >= 0.3 is 0 Å². The van der Waals surface area contributed by atoms with E-state index in [1.54, 1.807) is 6.92 Å². The summed E-state index contributed by atoms with van der Waals surface area (Å²) in [4.78, 5) is 1.48. The van der Waals surface area contributed by atoms with Gasteiger partial charge in [0.2, 0.25) is 10.0 Å². The highest BCUT2D eigenvalue weighted by Gasteiger charge is 2.23. The summed E-state index contributed by atoms with van der Waals surface area (Å²) < 4.78 is 40.8. The molecule has 1 aromatic heterocycles. The summed E-state index contributed by atoms with van der Waals surface area (Å²) in [5.41, 5.74) is 0.344. The van der Waals surface area contributed by atoms with Crippen molar-refractivity contribution >= 4 is 21.4 Å². The smallest absolute Gasteiger partial charge is 0.244 e. The molecule has 1 atom stereocenters. The monoisotopic (exact) mass is 329 g/mol. The topological polar surface area (TPSA) is 66.4 Å². The molecule has 0 fully saturated rings. The van der Waals surface area contributed by atoms with Gasteiger partial charge < -0.3 is 5.11 Å². The average molecular weight is 329 g/mol. The van der Waals surface area contributed by atoms with Crippen molar-refractivity contribution in [2.24, 2.45) is 0 Å². The molecule has 1 heterocycles. The van der Waals surface area contributed by atoms with Crippen molar-refractivity contribution in [2.45, 2.75) is 31.4 Å². The van der Waals surface area contributed by atoms with Gasteiger partial charge in [-0.15, -0.1) is 11.3 Å². The number of sulfonamides is 1. The second-order valence-electron chi connectivity index (χ2n) is 4.71. The van der Waals surface area contributed by atoms with Crippen LogP contribution in [0.5, 0.6) is 0 Å². The van der Waals surface area contributed by atoms with Crippen LogP contribution in [0.4, 0.5) is 4.39 Å². The predicted octanol–water partition coefficient (Wildman–Crippen LogP) is 2.73. The maximum atomic E-state index is 13.8. The third-order valence-electron chi connectivity index (χ3n) is 2.99. The Hall–Kier alpha value is -1.28. The SMILES string of the molecule is Cc1ccc(C(C)NS(=O)(=O)c2cc(CO)ccc2F)s1. The molecule has 0 spiro atoms. The summed E-state index contributed by atoms with van der Waals surface area (Å²) in [6, 6.07) is 6.82. The zero-order valence-corrected chi connectivity index (χ0v) is 13.3. The lowest BCUT2D eigenvalue weighted by Gasteiger charge is -2.14. The largest absolute Gasteiger partial charge is 0.392 e. The highest BCUT2D eigenvalue weighted by Crippen LogP contribution is 2.25. The first-order chi connectivity index (χ1) is 9.83. The summed E-state index contributed by atoms with van der Waals surface area (Å²) in [5, 5.41) is 9.05. The lowest BCUT2D eigenvalue weighted by Crippen LogP contribution is -2.27. The van der Waals surface area contributed by atoms with Crippen LogP contribution >= 0.6 is 11.3 Å². The number of hydrogen-bond donors (Lipinski definition) is 2. The van der Waals surface area contributed by atoms with Crippen molar-refractivity contribution < 1.29 is 17.9 Å². The fraction of sp³-hybridized carbons (Fsp3) is 0.286. The van der Waals surface area contributed by atoms with Crippen molar-refractivity contribution in [2.75, 3.05) is 0 Å². The van der Waals surface area contributed by atoms with Crippen LogP contribution in [-0.4, -0.2) is 13.5 Å². The van der Waals surface area contributed by atoms with Gasteiger partial charge in [0.25, 0.3) is 0 Å². The highest BCUT2D eigenvalue weighted by atomic mass is 32.2. The zero-order chi connectivity index (χ0) is 15.6. The Labute approximate surface area is 127 Å². The van der Waals surface area contributed by atoms with Crippen LogP contribution in [0, 0.1) is 12.7 Å². The second-order valence-corrected chi connectivity index (χ2v) is 7.72. The predicted molar refractivity (Wildman–Crippen MR) is 80.1 cm³/mol. The van der Waals surface area contributed by atoms with Crippen molar-refractivity contribution in [3.63, 3.8) is 0 Å². The van der Waals surface area contributed by atoms with Crippen LogP contribution in [0.1, 0.15) is 28.3 Å². The number of aliphatic hydroxyl groups is 1. The third kappa shape index (κ3) is 3.68. The zero-order valence-electron chi connectivity index (χ0n) is 11.6. The Balaban J connectivity index is 2.30. The highest BCUT2D eigenvalue weighted by molar-refractivity contribution is 7.89. The maximum absolute atomic E-state index is 13.8. The normalized spacial score (nSPS) is 13.3. The maximum Gasteiger partial charge on any atom is 0.244 e. The van der Waals surface area contributed by atoms with E-state index in [4.69, 9.17) is 5.11 Å². The molecule has 2 N–H and O–H groups in total. The van der Waals surface area contributed by atoms with Gasteiger partial charge in [0.1, 0.15) is 10.7 Å². The lowest BCUT2D eigenvalue weighted by molar-refractivity contribution is 0.281. The van der Waals surface area contributed by atoms with Crippen LogP contribution in [0.25, 0.3) is 0 Å². The molecule has 114 valence electrons. The number of hydrogen-bond acceptors (Lipinski definition) is 4. The fourth-order valence-corrected chi connectivity index (χ4v) is 4.20. The van der Waals surface area contributed by atoms with Crippen LogP contribution in [0.3, 0.4) is 0 Å². The van der Waals surface area contributed by atoms with E-state index >= 15 is 0 Å². The van der Waals surface area contributed by atoms with Crippen LogP contribution in [0.15, 0.2) is 35.2 Å². The lowest BCUT2D eigenvalue weighted by atomic mass is 10.2. The molecule has 1 unspecified atom stereocenters. The van der Waals surface area contributed by atoms with E-state index in [2.05, 4.69) is 4.72 Å². The quantitative estimate of drug-likeness (QED) is 0.886. The van der Waals surface area contributed by atoms with Gasteiger partial charge in [-0.2, -0.15) is 0 Å². The Morgan fingerprint density at radius 2 is 2.05 bits per heavy atom. The molecule has 4 nitrogen and oxygen atoms in total. The minimum atomic E-state index is -3.99. The van der Waals surface area contributed by atoms with Crippen molar-refractivity contribution in [3.8, 4) is 0 Å². The molecular weight excluding hydrogens is 313 g/mol. The average Bonchev–Trinajstić information content (AvgIpc) is 2.85. The van der Waals surface area contributed by atoms with Gasteiger partial charge in [-0.3, -0.25) is 0 Å². The molecule has 0 amide bonds. The van der Waals surface area contributed by atoms with E-state index in [1.807, 2.05) is 19.1 Å². The number of nitrogens with one attached hydrogen (secondary N) is 1. The first kappa shape index (κ1) is 16.1. The first-order valence-corrected chi connectivity index (χ1v) is 8.61. The summed E-state index contributed by atoms with van der Waals surface area (Å²) >= 11 is 1.48. The molecule has 2 aromatic rings. The van der Waals surface area contributed by atoms with Crippen molar-refractivity contribution in [1.82, 2.24) is 4.72 Å². The van der Waals surface area contributed by atoms with Gasteiger partial charge in [-0.05, 0) is 43.7 Å². The van der Waals surface area contributed by atoms with E-state index in [1.165, 1.54) is 17.4 Å². The summed E-state index contributed by atoms with van der Waals surface area (Å²) in [5.74, 6) is -0.839. The number of aryl methyl sites for hydroxylation is 1. The number of aliphatic hydroxyl groups excluding tert-OH is 1. The van der Waals surface area contributed by atoms with E-state index in [0.717, 1.165) is 21.9 Å². The van der Waals surface area contributed by atoms with Gasteiger partial charge in [0.15, 0.2) is 0 Å². The summed E-state index contributed by atoms with van der Waals surface area (Å²) in [7, 11) is -3.99. The van der Waals surface area contributed by atoms with E-state index in [-0.39, 0.29) is 6.61 Å². The molecule has 0 aliphatic rings. The number of halogens is 1. The fourth-order valence-electron chi connectivity index (χ4n) is 1.89. The summed E-state index contributed by atoms with van der Waals surface area (Å²) in [6.45, 7) is 3.29. The minimum absolute atomic E-state index is 0.344. The first-order valence-electron chi connectivity index (χ1n) is 6.31. The molecule has 0 saturated carbocycles. The third-order valence-corrected chi connectivity index (χ3v) is 5.73. The van der Waals surface area contributed by atoms with Crippen molar-refractivity contribution in [3.05, 3.63) is 51.5 Å². The van der Waals surface area contributed by atoms with Gasteiger partial charge in [0, 0.05) is 9.75 Å². The van der Waals surface area contributed by atoms with Crippen molar-refractivity contribution in [1.29, 1.82) is 0 Å². The van der Waals surface area contributed by atoms with E-state index in [9.17, 15) is 12.8 Å². The van der Waals surface area contributed by atoms with Crippen LogP contribution < -0.4 is 4.72 Å². The number of benzene rings is 1.